The van der Waals surface area contributed by atoms with Crippen molar-refractivity contribution in [2.75, 3.05) is 0 Å². The minimum Gasteiger partial charge on any atom is -0.310 e. The molecule has 1 fully saturated rings. The lowest BCUT2D eigenvalue weighted by atomic mass is 10.1. The standard InChI is InChI=1S/C19H16ClN5O/c20-13-7-5-12(6-8-13)15-11-21-25-16-9-10-24(14-3-1-2-4-14)19(26)17(16)22-23-18(15)25/h5-11,14H,1-4H2. The Morgan fingerprint density at radius 3 is 2.58 bits per heavy atom. The summed E-state index contributed by atoms with van der Waals surface area (Å²) in [4.78, 5) is 12.9. The van der Waals surface area contributed by atoms with Crippen molar-refractivity contribution in [3.8, 4) is 11.1 Å². The van der Waals surface area contributed by atoms with Gasteiger partial charge in [-0.2, -0.15) is 5.10 Å². The van der Waals surface area contributed by atoms with E-state index in [2.05, 4.69) is 15.3 Å². The Bertz CT molecular complexity index is 1170. The van der Waals surface area contributed by atoms with Gasteiger partial charge >= 0.3 is 0 Å². The van der Waals surface area contributed by atoms with Crippen molar-refractivity contribution in [3.05, 3.63) is 58.1 Å². The largest absolute Gasteiger partial charge is 0.310 e. The lowest BCUT2D eigenvalue weighted by Crippen LogP contribution is -2.24. The van der Waals surface area contributed by atoms with Gasteiger partial charge in [0.25, 0.3) is 5.56 Å². The third-order valence-electron chi connectivity index (χ3n) is 5.16. The fourth-order valence-electron chi connectivity index (χ4n) is 3.81. The van der Waals surface area contributed by atoms with E-state index in [0.29, 0.717) is 21.7 Å². The molecule has 1 aromatic carbocycles. The molecule has 0 atom stereocenters. The molecular weight excluding hydrogens is 350 g/mol. The second-order valence-electron chi connectivity index (χ2n) is 6.70. The summed E-state index contributed by atoms with van der Waals surface area (Å²) >= 11 is 5.97. The maximum atomic E-state index is 12.9. The van der Waals surface area contributed by atoms with Crippen molar-refractivity contribution in [1.29, 1.82) is 0 Å². The number of hydrogen-bond donors (Lipinski definition) is 0. The maximum Gasteiger partial charge on any atom is 0.280 e. The van der Waals surface area contributed by atoms with Gasteiger partial charge < -0.3 is 4.57 Å². The highest BCUT2D eigenvalue weighted by Crippen LogP contribution is 2.29. The Morgan fingerprint density at radius 2 is 1.81 bits per heavy atom. The molecule has 0 saturated heterocycles. The molecule has 0 spiro atoms. The number of rotatable bonds is 2. The van der Waals surface area contributed by atoms with E-state index in [1.807, 2.05) is 36.5 Å². The first kappa shape index (κ1) is 15.5. The van der Waals surface area contributed by atoms with E-state index in [4.69, 9.17) is 11.6 Å². The van der Waals surface area contributed by atoms with Crippen LogP contribution in [0.4, 0.5) is 0 Å². The molecule has 26 heavy (non-hydrogen) atoms. The highest BCUT2D eigenvalue weighted by Gasteiger charge is 2.20. The van der Waals surface area contributed by atoms with Gasteiger partial charge in [-0.3, -0.25) is 4.79 Å². The molecule has 0 bridgehead atoms. The lowest BCUT2D eigenvalue weighted by molar-refractivity contribution is 0.504. The predicted octanol–water partition coefficient (Wildman–Crippen LogP) is 3.87. The molecular formula is C19H16ClN5O. The summed E-state index contributed by atoms with van der Waals surface area (Å²) in [6, 6.07) is 9.68. The van der Waals surface area contributed by atoms with E-state index in [9.17, 15) is 4.79 Å². The summed E-state index contributed by atoms with van der Waals surface area (Å²) in [5, 5.41) is 13.7. The van der Waals surface area contributed by atoms with Crippen LogP contribution in [0.25, 0.3) is 27.8 Å². The second-order valence-corrected chi connectivity index (χ2v) is 7.14. The van der Waals surface area contributed by atoms with E-state index >= 15 is 0 Å². The van der Waals surface area contributed by atoms with E-state index < -0.39 is 0 Å². The summed E-state index contributed by atoms with van der Waals surface area (Å²) < 4.78 is 3.49. The Labute approximate surface area is 154 Å². The summed E-state index contributed by atoms with van der Waals surface area (Å²) in [6.07, 6.45) is 8.04. The second kappa shape index (κ2) is 5.92. The fraction of sp³-hybridized carbons (Fsp3) is 0.263. The Balaban J connectivity index is 1.70. The summed E-state index contributed by atoms with van der Waals surface area (Å²) in [5.74, 6) is 0. The fourth-order valence-corrected chi connectivity index (χ4v) is 3.94. The molecule has 130 valence electrons. The van der Waals surface area contributed by atoms with Crippen molar-refractivity contribution in [2.45, 2.75) is 31.7 Å². The first-order chi connectivity index (χ1) is 12.7. The topological polar surface area (TPSA) is 65.1 Å². The molecule has 6 nitrogen and oxygen atoms in total. The first-order valence-electron chi connectivity index (χ1n) is 8.73. The number of pyridine rings is 1. The van der Waals surface area contributed by atoms with Crippen LogP contribution in [0.2, 0.25) is 5.02 Å². The van der Waals surface area contributed by atoms with Gasteiger partial charge in [-0.15, -0.1) is 10.2 Å². The van der Waals surface area contributed by atoms with Gasteiger partial charge in [-0.05, 0) is 36.6 Å². The van der Waals surface area contributed by atoms with Crippen LogP contribution in [0.5, 0.6) is 0 Å². The van der Waals surface area contributed by atoms with Crippen LogP contribution in [0, 0.1) is 0 Å². The number of benzene rings is 1. The van der Waals surface area contributed by atoms with Gasteiger partial charge in [0.05, 0.1) is 6.20 Å². The number of aromatic nitrogens is 5. The van der Waals surface area contributed by atoms with Crippen molar-refractivity contribution in [2.24, 2.45) is 0 Å². The molecule has 0 amide bonds. The van der Waals surface area contributed by atoms with E-state index in [1.165, 1.54) is 12.8 Å². The predicted molar refractivity (Wildman–Crippen MR) is 100 cm³/mol. The van der Waals surface area contributed by atoms with Crippen molar-refractivity contribution in [1.82, 2.24) is 24.4 Å². The third kappa shape index (κ3) is 2.33. The number of nitrogens with zero attached hydrogens (tertiary/aromatic N) is 5. The summed E-state index contributed by atoms with van der Waals surface area (Å²) in [5.41, 5.74) is 3.38. The molecule has 1 aliphatic rings. The van der Waals surface area contributed by atoms with Crippen molar-refractivity contribution >= 4 is 28.3 Å². The van der Waals surface area contributed by atoms with Crippen LogP contribution < -0.4 is 5.56 Å². The molecule has 0 aliphatic heterocycles. The molecule has 7 heteroatoms. The van der Waals surface area contributed by atoms with E-state index in [1.54, 1.807) is 15.3 Å². The van der Waals surface area contributed by atoms with E-state index in [0.717, 1.165) is 24.0 Å². The van der Waals surface area contributed by atoms with Gasteiger partial charge in [0, 0.05) is 22.8 Å². The maximum absolute atomic E-state index is 12.9. The van der Waals surface area contributed by atoms with Crippen LogP contribution in [-0.4, -0.2) is 24.4 Å². The molecule has 1 aliphatic carbocycles. The van der Waals surface area contributed by atoms with E-state index in [-0.39, 0.29) is 11.6 Å². The van der Waals surface area contributed by atoms with Crippen molar-refractivity contribution in [3.63, 3.8) is 0 Å². The minimum atomic E-state index is -0.0904. The lowest BCUT2D eigenvalue weighted by Gasteiger charge is -2.13. The van der Waals surface area contributed by atoms with Crippen LogP contribution in [-0.2, 0) is 0 Å². The normalized spacial score (nSPS) is 15.3. The molecule has 0 radical (unpaired) electrons. The summed E-state index contributed by atoms with van der Waals surface area (Å²) in [6.45, 7) is 0. The highest BCUT2D eigenvalue weighted by atomic mass is 35.5. The molecule has 3 aromatic heterocycles. The van der Waals surface area contributed by atoms with Gasteiger partial charge in [-0.1, -0.05) is 36.6 Å². The third-order valence-corrected chi connectivity index (χ3v) is 5.41. The van der Waals surface area contributed by atoms with Crippen LogP contribution in [0.1, 0.15) is 31.7 Å². The molecule has 3 heterocycles. The smallest absolute Gasteiger partial charge is 0.280 e. The van der Waals surface area contributed by atoms with Crippen LogP contribution >= 0.6 is 11.6 Å². The minimum absolute atomic E-state index is 0.0904. The molecule has 0 unspecified atom stereocenters. The highest BCUT2D eigenvalue weighted by molar-refractivity contribution is 6.30. The van der Waals surface area contributed by atoms with Crippen molar-refractivity contribution < 1.29 is 0 Å². The first-order valence-corrected chi connectivity index (χ1v) is 9.11. The Morgan fingerprint density at radius 1 is 1.04 bits per heavy atom. The summed E-state index contributed by atoms with van der Waals surface area (Å²) in [7, 11) is 0. The average Bonchev–Trinajstić information content (AvgIpc) is 3.32. The van der Waals surface area contributed by atoms with Gasteiger partial charge in [0.2, 0.25) is 0 Å². The monoisotopic (exact) mass is 365 g/mol. The molecule has 5 rings (SSSR count). The molecule has 0 N–H and O–H groups in total. The van der Waals surface area contributed by atoms with Crippen LogP contribution in [0.3, 0.4) is 0 Å². The zero-order valence-electron chi connectivity index (χ0n) is 14.0. The van der Waals surface area contributed by atoms with Crippen LogP contribution in [0.15, 0.2) is 47.5 Å². The zero-order valence-corrected chi connectivity index (χ0v) is 14.7. The molecule has 1 saturated carbocycles. The Hall–Kier alpha value is -2.73. The number of hydrogen-bond acceptors (Lipinski definition) is 4. The van der Waals surface area contributed by atoms with Gasteiger partial charge in [-0.25, -0.2) is 4.52 Å². The Kier molecular flexibility index (Phi) is 3.53. The number of halogens is 1. The van der Waals surface area contributed by atoms with Gasteiger partial charge in [0.15, 0.2) is 11.2 Å². The zero-order chi connectivity index (χ0) is 17.7. The van der Waals surface area contributed by atoms with Gasteiger partial charge in [0.1, 0.15) is 5.52 Å². The molecule has 4 aromatic rings. The quantitative estimate of drug-likeness (QED) is 0.540. The average molecular weight is 366 g/mol. The SMILES string of the molecule is O=c1c2nnc3c(-c4ccc(Cl)cc4)cnn3c2ccn1C1CCCC1. The number of fused-ring (bicyclic) bond motifs is 3.